The lowest BCUT2D eigenvalue weighted by molar-refractivity contribution is -0.118. The van der Waals surface area contributed by atoms with Crippen LogP contribution in [0.2, 0.25) is 0 Å². The number of rotatable bonds is 6. The Bertz CT molecular complexity index is 371. The number of hydrogen-bond acceptors (Lipinski definition) is 2. The molecule has 1 rings (SSSR count). The van der Waals surface area contributed by atoms with E-state index in [-0.39, 0.29) is 5.91 Å². The number of carbonyl (C=O) groups excluding carboxylic acids is 1. The summed E-state index contributed by atoms with van der Waals surface area (Å²) in [5.41, 5.74) is 2.25. The van der Waals surface area contributed by atoms with Crippen LogP contribution in [-0.2, 0) is 11.2 Å². The first-order valence-electron chi connectivity index (χ1n) is 6.63. The van der Waals surface area contributed by atoms with Crippen LogP contribution in [0, 0.1) is 0 Å². The summed E-state index contributed by atoms with van der Waals surface area (Å²) in [4.78, 5) is 13.7. The third-order valence-corrected chi connectivity index (χ3v) is 3.00. The Morgan fingerprint density at radius 1 is 1.28 bits per heavy atom. The van der Waals surface area contributed by atoms with Crippen LogP contribution in [0.25, 0.3) is 0 Å². The topological polar surface area (TPSA) is 32.3 Å². The number of benzene rings is 1. The van der Waals surface area contributed by atoms with E-state index in [9.17, 15) is 4.79 Å². The van der Waals surface area contributed by atoms with Crippen LogP contribution in [0.15, 0.2) is 24.3 Å². The van der Waals surface area contributed by atoms with Gasteiger partial charge in [-0.3, -0.25) is 4.79 Å². The highest BCUT2D eigenvalue weighted by Gasteiger charge is 2.10. The van der Waals surface area contributed by atoms with Crippen molar-refractivity contribution in [1.82, 2.24) is 5.32 Å². The zero-order valence-electron chi connectivity index (χ0n) is 11.9. The molecule has 0 unspecified atom stereocenters. The van der Waals surface area contributed by atoms with E-state index in [2.05, 4.69) is 38.2 Å². The van der Waals surface area contributed by atoms with Gasteiger partial charge in [0.1, 0.15) is 0 Å². The van der Waals surface area contributed by atoms with Gasteiger partial charge in [0.15, 0.2) is 0 Å². The molecule has 1 amide bonds. The normalized spacial score (nSPS) is 10.7. The maximum Gasteiger partial charge on any atom is 0.227 e. The molecule has 3 heteroatoms. The van der Waals surface area contributed by atoms with Crippen molar-refractivity contribution >= 4 is 11.6 Å². The minimum Gasteiger partial charge on any atom is -0.315 e. The summed E-state index contributed by atoms with van der Waals surface area (Å²) in [6.45, 7) is 7.02. The van der Waals surface area contributed by atoms with E-state index >= 15 is 0 Å². The van der Waals surface area contributed by atoms with E-state index in [1.54, 1.807) is 4.90 Å². The fraction of sp³-hybridized carbons (Fsp3) is 0.533. The first-order chi connectivity index (χ1) is 8.54. The maximum atomic E-state index is 12.0. The molecule has 0 heterocycles. The van der Waals surface area contributed by atoms with E-state index in [1.165, 1.54) is 5.56 Å². The van der Waals surface area contributed by atoms with Gasteiger partial charge in [-0.15, -0.1) is 0 Å². The maximum absolute atomic E-state index is 12.0. The van der Waals surface area contributed by atoms with Gasteiger partial charge >= 0.3 is 0 Å². The summed E-state index contributed by atoms with van der Waals surface area (Å²) >= 11 is 0. The molecule has 0 aliphatic rings. The van der Waals surface area contributed by atoms with Gasteiger partial charge in [-0.25, -0.2) is 0 Å². The standard InChI is InChI=1S/C15H24N2O/c1-5-13-6-8-14(9-7-13)17(4)15(18)10-11-16-12(2)3/h6-9,12,16H,5,10-11H2,1-4H3. The zero-order chi connectivity index (χ0) is 13.5. The minimum absolute atomic E-state index is 0.146. The third kappa shape index (κ3) is 4.49. The van der Waals surface area contributed by atoms with E-state index in [4.69, 9.17) is 0 Å². The highest BCUT2D eigenvalue weighted by molar-refractivity contribution is 5.92. The first-order valence-corrected chi connectivity index (χ1v) is 6.63. The smallest absolute Gasteiger partial charge is 0.227 e. The van der Waals surface area contributed by atoms with Crippen molar-refractivity contribution in [2.24, 2.45) is 0 Å². The molecule has 1 aromatic carbocycles. The SMILES string of the molecule is CCc1ccc(N(C)C(=O)CCNC(C)C)cc1. The molecule has 0 radical (unpaired) electrons. The largest absolute Gasteiger partial charge is 0.315 e. The van der Waals surface area contributed by atoms with Crippen molar-refractivity contribution in [1.29, 1.82) is 0 Å². The average Bonchev–Trinajstić information content (AvgIpc) is 2.37. The summed E-state index contributed by atoms with van der Waals surface area (Å²) in [6, 6.07) is 8.59. The van der Waals surface area contributed by atoms with Crippen molar-refractivity contribution in [2.75, 3.05) is 18.5 Å². The first kappa shape index (κ1) is 14.7. The third-order valence-electron chi connectivity index (χ3n) is 3.00. The van der Waals surface area contributed by atoms with Crippen molar-refractivity contribution in [3.63, 3.8) is 0 Å². The van der Waals surface area contributed by atoms with Crippen LogP contribution in [0.4, 0.5) is 5.69 Å². The Balaban J connectivity index is 2.51. The average molecular weight is 248 g/mol. The molecule has 1 N–H and O–H groups in total. The second-order valence-corrected chi connectivity index (χ2v) is 4.83. The van der Waals surface area contributed by atoms with Crippen LogP contribution < -0.4 is 10.2 Å². The van der Waals surface area contributed by atoms with Crippen LogP contribution in [0.5, 0.6) is 0 Å². The van der Waals surface area contributed by atoms with E-state index in [1.807, 2.05) is 19.2 Å². The summed E-state index contributed by atoms with van der Waals surface area (Å²) < 4.78 is 0. The summed E-state index contributed by atoms with van der Waals surface area (Å²) in [6.07, 6.45) is 1.56. The molecule has 3 nitrogen and oxygen atoms in total. The van der Waals surface area contributed by atoms with Crippen molar-refractivity contribution in [2.45, 2.75) is 39.7 Å². The molecular weight excluding hydrogens is 224 g/mol. The molecule has 0 atom stereocenters. The number of carbonyl (C=O) groups is 1. The fourth-order valence-electron chi connectivity index (χ4n) is 1.73. The Hall–Kier alpha value is -1.35. The van der Waals surface area contributed by atoms with Gasteiger partial charge in [-0.1, -0.05) is 32.9 Å². The predicted molar refractivity (Wildman–Crippen MR) is 77.0 cm³/mol. The van der Waals surface area contributed by atoms with Gasteiger partial charge in [0.2, 0.25) is 5.91 Å². The number of nitrogens with zero attached hydrogens (tertiary/aromatic N) is 1. The molecule has 0 saturated heterocycles. The molecular formula is C15H24N2O. The molecule has 0 fully saturated rings. The molecule has 100 valence electrons. The number of amides is 1. The highest BCUT2D eigenvalue weighted by Crippen LogP contribution is 2.14. The van der Waals surface area contributed by atoms with Crippen LogP contribution >= 0.6 is 0 Å². The van der Waals surface area contributed by atoms with Crippen LogP contribution in [0.1, 0.15) is 32.8 Å². The van der Waals surface area contributed by atoms with Gasteiger partial charge < -0.3 is 10.2 Å². The molecule has 0 aliphatic carbocycles. The lowest BCUT2D eigenvalue weighted by Crippen LogP contribution is -2.31. The number of anilines is 1. The van der Waals surface area contributed by atoms with E-state index < -0.39 is 0 Å². The minimum atomic E-state index is 0.146. The summed E-state index contributed by atoms with van der Waals surface area (Å²) in [5, 5.41) is 3.25. The lowest BCUT2D eigenvalue weighted by atomic mass is 10.1. The second kappa shape index (κ2) is 7.17. The second-order valence-electron chi connectivity index (χ2n) is 4.83. The highest BCUT2D eigenvalue weighted by atomic mass is 16.2. The van der Waals surface area contributed by atoms with Gasteiger partial charge in [0, 0.05) is 31.7 Å². The summed E-state index contributed by atoms with van der Waals surface area (Å²) in [7, 11) is 1.83. The monoisotopic (exact) mass is 248 g/mol. The predicted octanol–water partition coefficient (Wildman–Crippen LogP) is 2.60. The van der Waals surface area contributed by atoms with Crippen LogP contribution in [0.3, 0.4) is 0 Å². The van der Waals surface area contributed by atoms with Crippen LogP contribution in [-0.4, -0.2) is 25.5 Å². The molecule has 0 spiro atoms. The molecule has 18 heavy (non-hydrogen) atoms. The van der Waals surface area contributed by atoms with E-state index in [0.29, 0.717) is 12.5 Å². The molecule has 1 aromatic rings. The van der Waals surface area contributed by atoms with Gasteiger partial charge in [0.05, 0.1) is 0 Å². The number of aryl methyl sites for hydroxylation is 1. The molecule has 0 bridgehead atoms. The Kier molecular flexibility index (Phi) is 5.86. The van der Waals surface area contributed by atoms with Gasteiger partial charge in [-0.2, -0.15) is 0 Å². The Morgan fingerprint density at radius 2 is 1.89 bits per heavy atom. The number of hydrogen-bond donors (Lipinski definition) is 1. The fourth-order valence-corrected chi connectivity index (χ4v) is 1.73. The van der Waals surface area contributed by atoms with Gasteiger partial charge in [-0.05, 0) is 24.1 Å². The zero-order valence-corrected chi connectivity index (χ0v) is 11.9. The molecule has 0 aromatic heterocycles. The quantitative estimate of drug-likeness (QED) is 0.839. The van der Waals surface area contributed by atoms with Crippen molar-refractivity contribution < 1.29 is 4.79 Å². The Morgan fingerprint density at radius 3 is 2.39 bits per heavy atom. The van der Waals surface area contributed by atoms with Crippen molar-refractivity contribution in [3.8, 4) is 0 Å². The lowest BCUT2D eigenvalue weighted by Gasteiger charge is -2.18. The Labute approximate surface area is 110 Å². The molecule has 0 aliphatic heterocycles. The number of nitrogens with one attached hydrogen (secondary N) is 1. The molecule has 0 saturated carbocycles. The van der Waals surface area contributed by atoms with E-state index in [0.717, 1.165) is 18.7 Å². The summed E-state index contributed by atoms with van der Waals surface area (Å²) in [5.74, 6) is 0.146. The van der Waals surface area contributed by atoms with Gasteiger partial charge in [0.25, 0.3) is 0 Å². The van der Waals surface area contributed by atoms with Crippen molar-refractivity contribution in [3.05, 3.63) is 29.8 Å².